The number of nitrogens with zero attached hydrogens (tertiary/aromatic N) is 4. The van der Waals surface area contributed by atoms with Gasteiger partial charge in [-0.2, -0.15) is 13.2 Å². The van der Waals surface area contributed by atoms with Crippen LogP contribution >= 0.6 is 0 Å². The molecule has 6 rings (SSSR count). The smallest absolute Gasteiger partial charge is 0.350 e. The molecule has 0 spiro atoms. The number of anilines is 1. The molecular formula is C38H29F3N6O3. The van der Waals surface area contributed by atoms with E-state index in [0.29, 0.717) is 28.0 Å². The minimum atomic E-state index is -4.49. The molecule has 0 unspecified atom stereocenters. The Morgan fingerprint density at radius 3 is 2.26 bits per heavy atom. The van der Waals surface area contributed by atoms with Gasteiger partial charge in [0.05, 0.1) is 28.0 Å². The minimum absolute atomic E-state index is 0.180. The van der Waals surface area contributed by atoms with E-state index in [1.165, 1.54) is 30.3 Å². The van der Waals surface area contributed by atoms with Gasteiger partial charge in [-0.05, 0) is 72.3 Å². The first-order valence-corrected chi connectivity index (χ1v) is 15.4. The van der Waals surface area contributed by atoms with Crippen LogP contribution in [0, 0.1) is 0 Å². The molecule has 0 aliphatic heterocycles. The minimum Gasteiger partial charge on any atom is -0.350 e. The van der Waals surface area contributed by atoms with Gasteiger partial charge in [0.1, 0.15) is 5.82 Å². The second kappa shape index (κ2) is 14.4. The highest BCUT2D eigenvalue weighted by molar-refractivity contribution is 6.09. The number of hydrogen-bond acceptors (Lipinski definition) is 6. The fourth-order valence-electron chi connectivity index (χ4n) is 5.27. The third-order valence-corrected chi connectivity index (χ3v) is 7.94. The van der Waals surface area contributed by atoms with Crippen LogP contribution in [0.1, 0.15) is 43.6 Å². The van der Waals surface area contributed by atoms with Crippen molar-refractivity contribution in [1.29, 1.82) is 0 Å². The first-order chi connectivity index (χ1) is 24.1. The molecule has 2 N–H and O–H groups in total. The number of hydrogen-bond donors (Lipinski definition) is 2. The van der Waals surface area contributed by atoms with Gasteiger partial charge in [0.15, 0.2) is 6.04 Å². The zero-order chi connectivity index (χ0) is 35.3. The fraction of sp³-hybridized carbons (Fsp3) is 0.105. The summed E-state index contributed by atoms with van der Waals surface area (Å²) in [6.45, 7) is 0.275. The van der Waals surface area contributed by atoms with Crippen molar-refractivity contribution in [1.82, 2.24) is 25.6 Å². The van der Waals surface area contributed by atoms with Crippen molar-refractivity contribution >= 4 is 34.4 Å². The second-order valence-electron chi connectivity index (χ2n) is 11.3. The van der Waals surface area contributed by atoms with Crippen LogP contribution in [-0.4, -0.2) is 39.7 Å². The topological polar surface area (TPSA) is 117 Å². The summed E-state index contributed by atoms with van der Waals surface area (Å²) in [6.07, 6.45) is -1.49. The van der Waals surface area contributed by atoms with Crippen molar-refractivity contribution in [3.05, 3.63) is 156 Å². The largest absolute Gasteiger partial charge is 0.416 e. The lowest BCUT2D eigenvalue weighted by atomic mass is 10.0. The standard InChI is InChI=1S/C38H29F3N6O3/c1-47(37(50)29-10-7-21-43-33(29)25-12-16-28(17-13-25)38(39,40)41)32-19-15-26-22-27(14-18-30(26)45-32)35(48)46-34(31-11-5-6-20-42-31)36(49)44-23-24-8-3-2-4-9-24/h2-22,34H,23H2,1H3,(H,44,49)(H,46,48)/t34-/m0/s1. The van der Waals surface area contributed by atoms with E-state index in [-0.39, 0.29) is 23.4 Å². The van der Waals surface area contributed by atoms with Gasteiger partial charge in [-0.25, -0.2) is 4.98 Å². The van der Waals surface area contributed by atoms with E-state index in [0.717, 1.165) is 17.7 Å². The second-order valence-corrected chi connectivity index (χ2v) is 11.3. The molecule has 0 aliphatic carbocycles. The van der Waals surface area contributed by atoms with Gasteiger partial charge < -0.3 is 10.6 Å². The number of pyridine rings is 3. The average Bonchev–Trinajstić information content (AvgIpc) is 3.15. The van der Waals surface area contributed by atoms with Crippen molar-refractivity contribution in [2.75, 3.05) is 11.9 Å². The highest BCUT2D eigenvalue weighted by atomic mass is 19.4. The summed E-state index contributed by atoms with van der Waals surface area (Å²) >= 11 is 0. The van der Waals surface area contributed by atoms with Crippen LogP contribution in [0.4, 0.5) is 19.0 Å². The van der Waals surface area contributed by atoms with Crippen molar-refractivity contribution in [3.8, 4) is 11.3 Å². The number of aromatic nitrogens is 3. The zero-order valence-electron chi connectivity index (χ0n) is 26.6. The molecule has 3 aromatic heterocycles. The Labute approximate surface area is 284 Å². The quantitative estimate of drug-likeness (QED) is 0.175. The maximum atomic E-state index is 13.6. The third-order valence-electron chi connectivity index (χ3n) is 7.94. The van der Waals surface area contributed by atoms with Crippen LogP contribution in [0.5, 0.6) is 0 Å². The molecule has 0 aliphatic rings. The molecule has 12 heteroatoms. The van der Waals surface area contributed by atoms with E-state index in [9.17, 15) is 27.6 Å². The normalized spacial score (nSPS) is 11.8. The number of benzene rings is 3. The lowest BCUT2D eigenvalue weighted by Gasteiger charge is -2.19. The Morgan fingerprint density at radius 2 is 1.54 bits per heavy atom. The van der Waals surface area contributed by atoms with Crippen molar-refractivity contribution < 1.29 is 27.6 Å². The SMILES string of the molecule is CN(C(=O)c1cccnc1-c1ccc(C(F)(F)F)cc1)c1ccc2cc(C(=O)N[C@H](C(=O)NCc3ccccc3)c3ccccn3)ccc2n1. The molecule has 3 heterocycles. The van der Waals surface area contributed by atoms with Crippen LogP contribution in [0.3, 0.4) is 0 Å². The van der Waals surface area contributed by atoms with E-state index >= 15 is 0 Å². The maximum Gasteiger partial charge on any atom is 0.416 e. The monoisotopic (exact) mass is 674 g/mol. The van der Waals surface area contributed by atoms with Gasteiger partial charge in [-0.1, -0.05) is 48.5 Å². The fourth-order valence-corrected chi connectivity index (χ4v) is 5.27. The Kier molecular flexibility index (Phi) is 9.61. The van der Waals surface area contributed by atoms with Crippen LogP contribution in [-0.2, 0) is 17.5 Å². The summed E-state index contributed by atoms with van der Waals surface area (Å²) in [6, 6.07) is 29.2. The summed E-state index contributed by atoms with van der Waals surface area (Å²) in [4.78, 5) is 54.8. The summed E-state index contributed by atoms with van der Waals surface area (Å²) in [5.41, 5.74) is 2.01. The number of nitrogens with one attached hydrogen (secondary N) is 2. The molecule has 0 saturated carbocycles. The van der Waals surface area contributed by atoms with Crippen LogP contribution in [0.25, 0.3) is 22.2 Å². The first-order valence-electron chi connectivity index (χ1n) is 15.4. The maximum absolute atomic E-state index is 13.6. The van der Waals surface area contributed by atoms with E-state index in [2.05, 4.69) is 25.6 Å². The van der Waals surface area contributed by atoms with Gasteiger partial charge in [0.25, 0.3) is 11.8 Å². The summed E-state index contributed by atoms with van der Waals surface area (Å²) < 4.78 is 39.3. The zero-order valence-corrected chi connectivity index (χ0v) is 26.6. The summed E-state index contributed by atoms with van der Waals surface area (Å²) in [5, 5.41) is 6.26. The van der Waals surface area contributed by atoms with Crippen molar-refractivity contribution in [3.63, 3.8) is 0 Å². The van der Waals surface area contributed by atoms with Crippen molar-refractivity contribution in [2.24, 2.45) is 0 Å². The molecule has 3 aromatic carbocycles. The van der Waals surface area contributed by atoms with Crippen LogP contribution in [0.15, 0.2) is 128 Å². The average molecular weight is 675 g/mol. The number of fused-ring (bicyclic) bond motifs is 1. The molecule has 0 fully saturated rings. The highest BCUT2D eigenvalue weighted by Gasteiger charge is 2.30. The number of amides is 3. The van der Waals surface area contributed by atoms with Gasteiger partial charge >= 0.3 is 6.18 Å². The van der Waals surface area contributed by atoms with E-state index in [1.54, 1.807) is 66.9 Å². The van der Waals surface area contributed by atoms with E-state index in [1.807, 2.05) is 30.3 Å². The number of carbonyl (C=O) groups is 3. The molecule has 250 valence electrons. The molecule has 0 radical (unpaired) electrons. The van der Waals surface area contributed by atoms with Crippen LogP contribution < -0.4 is 15.5 Å². The molecule has 9 nitrogen and oxygen atoms in total. The number of halogens is 3. The Bertz CT molecular complexity index is 2160. The van der Waals surface area contributed by atoms with Gasteiger partial charge in [0, 0.05) is 42.5 Å². The van der Waals surface area contributed by atoms with E-state index < -0.39 is 35.5 Å². The Morgan fingerprint density at radius 1 is 0.800 bits per heavy atom. The lowest BCUT2D eigenvalue weighted by molar-refractivity contribution is -0.137. The van der Waals surface area contributed by atoms with Gasteiger partial charge in [0.2, 0.25) is 5.91 Å². The van der Waals surface area contributed by atoms with Crippen molar-refractivity contribution in [2.45, 2.75) is 18.8 Å². The highest BCUT2D eigenvalue weighted by Crippen LogP contribution is 2.32. The molecule has 6 aromatic rings. The molecule has 0 saturated heterocycles. The predicted octanol–water partition coefficient (Wildman–Crippen LogP) is 6.77. The van der Waals surface area contributed by atoms with Crippen LogP contribution in [0.2, 0.25) is 0 Å². The predicted molar refractivity (Wildman–Crippen MR) is 182 cm³/mol. The molecule has 3 amide bonds. The molecule has 50 heavy (non-hydrogen) atoms. The molecule has 0 bridgehead atoms. The lowest BCUT2D eigenvalue weighted by Crippen LogP contribution is -2.40. The molecular weight excluding hydrogens is 645 g/mol. The number of alkyl halides is 3. The first kappa shape index (κ1) is 33.5. The Hall–Kier alpha value is -6.43. The molecule has 1 atom stereocenters. The van der Waals surface area contributed by atoms with Gasteiger partial charge in [-0.15, -0.1) is 0 Å². The van der Waals surface area contributed by atoms with E-state index in [4.69, 9.17) is 0 Å². The van der Waals surface area contributed by atoms with Gasteiger partial charge in [-0.3, -0.25) is 29.3 Å². The number of rotatable bonds is 9. The Balaban J connectivity index is 1.19. The number of carbonyl (C=O) groups excluding carboxylic acids is 3. The third kappa shape index (κ3) is 7.49. The summed E-state index contributed by atoms with van der Waals surface area (Å²) in [7, 11) is 1.53. The summed E-state index contributed by atoms with van der Waals surface area (Å²) in [5.74, 6) is -1.09.